The lowest BCUT2D eigenvalue weighted by atomic mass is 10.1. The van der Waals surface area contributed by atoms with Crippen LogP contribution < -0.4 is 19.7 Å². The lowest BCUT2D eigenvalue weighted by molar-refractivity contribution is -0.122. The summed E-state index contributed by atoms with van der Waals surface area (Å²) in [5.41, 5.74) is 1.47. The van der Waals surface area contributed by atoms with Gasteiger partial charge in [0.25, 0.3) is 0 Å². The number of nitrogens with one attached hydrogen (secondary N) is 2. The van der Waals surface area contributed by atoms with Crippen molar-refractivity contribution in [3.8, 4) is 11.5 Å². The minimum atomic E-state index is -0.448. The number of H-pyrrole nitrogens is 1. The Hall–Kier alpha value is -3.55. The molecule has 0 saturated carbocycles. The van der Waals surface area contributed by atoms with Crippen molar-refractivity contribution in [2.24, 2.45) is 5.92 Å². The van der Waals surface area contributed by atoms with Gasteiger partial charge in [-0.2, -0.15) is 5.10 Å². The second-order valence-corrected chi connectivity index (χ2v) is 6.85. The number of carbonyl (C=O) groups excluding carboxylic acids is 2. The Bertz CT molecular complexity index is 1080. The van der Waals surface area contributed by atoms with Gasteiger partial charge in [0.05, 0.1) is 11.4 Å². The molecule has 28 heavy (non-hydrogen) atoms. The molecule has 1 aromatic heterocycles. The Morgan fingerprint density at radius 3 is 2.86 bits per heavy atom. The van der Waals surface area contributed by atoms with Crippen LogP contribution in [0, 0.1) is 5.92 Å². The van der Waals surface area contributed by atoms with Gasteiger partial charge in [0.15, 0.2) is 17.3 Å². The van der Waals surface area contributed by atoms with Crippen LogP contribution in [0.1, 0.15) is 6.42 Å². The molecule has 8 heteroatoms. The summed E-state index contributed by atoms with van der Waals surface area (Å²) in [7, 11) is 0. The summed E-state index contributed by atoms with van der Waals surface area (Å²) in [6, 6.07) is 12.9. The minimum Gasteiger partial charge on any atom is -0.486 e. The number of fused-ring (bicyclic) bond motifs is 2. The lowest BCUT2D eigenvalue weighted by Crippen LogP contribution is -2.28. The third-order valence-electron chi connectivity index (χ3n) is 5.01. The molecule has 0 radical (unpaired) electrons. The van der Waals surface area contributed by atoms with Gasteiger partial charge in [-0.25, -0.2) is 0 Å². The Kier molecular flexibility index (Phi) is 3.89. The van der Waals surface area contributed by atoms with Gasteiger partial charge in [-0.15, -0.1) is 0 Å². The minimum absolute atomic E-state index is 0.112. The highest BCUT2D eigenvalue weighted by atomic mass is 16.6. The molecule has 142 valence electrons. The third-order valence-corrected chi connectivity index (χ3v) is 5.01. The molecular weight excluding hydrogens is 360 g/mol. The maximum Gasteiger partial charge on any atom is 0.229 e. The van der Waals surface area contributed by atoms with Crippen LogP contribution >= 0.6 is 0 Å². The van der Waals surface area contributed by atoms with Gasteiger partial charge in [-0.1, -0.05) is 12.1 Å². The van der Waals surface area contributed by atoms with Crippen molar-refractivity contribution in [1.82, 2.24) is 10.2 Å². The summed E-state index contributed by atoms with van der Waals surface area (Å²) in [5, 5.41) is 10.9. The van der Waals surface area contributed by atoms with E-state index in [0.29, 0.717) is 42.8 Å². The number of rotatable bonds is 3. The van der Waals surface area contributed by atoms with Crippen LogP contribution in [-0.2, 0) is 9.59 Å². The molecule has 2 amide bonds. The Morgan fingerprint density at radius 1 is 1.14 bits per heavy atom. The molecule has 0 aliphatic carbocycles. The Labute approximate surface area is 160 Å². The fourth-order valence-electron chi connectivity index (χ4n) is 3.61. The Balaban J connectivity index is 1.32. The smallest absolute Gasteiger partial charge is 0.229 e. The van der Waals surface area contributed by atoms with Crippen LogP contribution in [-0.4, -0.2) is 41.8 Å². The van der Waals surface area contributed by atoms with E-state index in [1.54, 1.807) is 23.1 Å². The van der Waals surface area contributed by atoms with Gasteiger partial charge in [0.2, 0.25) is 11.8 Å². The molecule has 1 saturated heterocycles. The van der Waals surface area contributed by atoms with Crippen molar-refractivity contribution in [3.63, 3.8) is 0 Å². The molecule has 0 spiro atoms. The zero-order valence-electron chi connectivity index (χ0n) is 15.0. The Morgan fingerprint density at radius 2 is 1.96 bits per heavy atom. The number of para-hydroxylation sites is 1. The standard InChI is InChI=1S/C20H18N4O4/c25-18-9-12(11-24(18)19-14-3-1-2-4-15(14)22-23-19)20(26)21-13-5-6-16-17(10-13)28-8-7-27-16/h1-6,10,12H,7-9,11H2,(H,21,26)(H,22,23). The first-order valence-electron chi connectivity index (χ1n) is 9.13. The normalized spacial score (nSPS) is 18.5. The van der Waals surface area contributed by atoms with E-state index >= 15 is 0 Å². The zero-order valence-corrected chi connectivity index (χ0v) is 15.0. The van der Waals surface area contributed by atoms with Gasteiger partial charge in [0, 0.05) is 30.1 Å². The first-order chi connectivity index (χ1) is 13.7. The highest BCUT2D eigenvalue weighted by Gasteiger charge is 2.37. The van der Waals surface area contributed by atoms with Gasteiger partial charge in [-0.3, -0.25) is 19.6 Å². The predicted octanol–water partition coefficient (Wildman–Crippen LogP) is 2.33. The van der Waals surface area contributed by atoms with Gasteiger partial charge < -0.3 is 14.8 Å². The summed E-state index contributed by atoms with van der Waals surface area (Å²) in [6.07, 6.45) is 0.150. The number of aromatic amines is 1. The van der Waals surface area contributed by atoms with Crippen LogP contribution in [0.15, 0.2) is 42.5 Å². The van der Waals surface area contributed by atoms with Crippen LogP contribution in [0.4, 0.5) is 11.5 Å². The van der Waals surface area contributed by atoms with Crippen molar-refractivity contribution in [2.75, 3.05) is 30.0 Å². The molecule has 1 fully saturated rings. The van der Waals surface area contributed by atoms with Crippen molar-refractivity contribution >= 4 is 34.2 Å². The number of amides is 2. The summed E-state index contributed by atoms with van der Waals surface area (Å²) in [6.45, 7) is 1.29. The molecule has 3 heterocycles. The first kappa shape index (κ1) is 16.6. The van der Waals surface area contributed by atoms with E-state index in [4.69, 9.17) is 9.47 Å². The van der Waals surface area contributed by atoms with E-state index in [-0.39, 0.29) is 18.2 Å². The summed E-state index contributed by atoms with van der Waals surface area (Å²) >= 11 is 0. The van der Waals surface area contributed by atoms with E-state index in [9.17, 15) is 9.59 Å². The van der Waals surface area contributed by atoms with Gasteiger partial charge in [-0.05, 0) is 24.3 Å². The number of anilines is 2. The third kappa shape index (κ3) is 2.83. The largest absolute Gasteiger partial charge is 0.486 e. The second kappa shape index (κ2) is 6.56. The number of hydrogen-bond acceptors (Lipinski definition) is 5. The number of nitrogens with zero attached hydrogens (tertiary/aromatic N) is 2. The molecule has 3 aromatic rings. The highest BCUT2D eigenvalue weighted by molar-refractivity contribution is 6.07. The fourth-order valence-corrected chi connectivity index (χ4v) is 3.61. The maximum atomic E-state index is 12.7. The molecule has 8 nitrogen and oxygen atoms in total. The maximum absolute atomic E-state index is 12.7. The van der Waals surface area contributed by atoms with Crippen molar-refractivity contribution in [2.45, 2.75) is 6.42 Å². The molecule has 2 aliphatic heterocycles. The first-order valence-corrected chi connectivity index (χ1v) is 9.13. The average molecular weight is 378 g/mol. The molecule has 2 aromatic carbocycles. The van der Waals surface area contributed by atoms with Gasteiger partial charge in [0.1, 0.15) is 13.2 Å². The number of benzene rings is 2. The summed E-state index contributed by atoms with van der Waals surface area (Å²) in [5.74, 6) is 1.08. The van der Waals surface area contributed by atoms with Crippen LogP contribution in [0.2, 0.25) is 0 Å². The number of aromatic nitrogens is 2. The number of hydrogen-bond donors (Lipinski definition) is 2. The van der Waals surface area contributed by atoms with Crippen LogP contribution in [0.3, 0.4) is 0 Å². The number of ether oxygens (including phenoxy) is 2. The fraction of sp³-hybridized carbons (Fsp3) is 0.250. The topological polar surface area (TPSA) is 96.5 Å². The molecule has 0 bridgehead atoms. The van der Waals surface area contributed by atoms with E-state index in [2.05, 4.69) is 15.5 Å². The van der Waals surface area contributed by atoms with Gasteiger partial charge >= 0.3 is 0 Å². The van der Waals surface area contributed by atoms with Crippen LogP contribution in [0.5, 0.6) is 11.5 Å². The highest BCUT2D eigenvalue weighted by Crippen LogP contribution is 2.34. The van der Waals surface area contributed by atoms with E-state index < -0.39 is 5.92 Å². The SMILES string of the molecule is O=C(Nc1ccc2c(c1)OCCO2)C1CC(=O)N(c2n[nH]c3ccccc23)C1. The van der Waals surface area contributed by atoms with Crippen molar-refractivity contribution < 1.29 is 19.1 Å². The average Bonchev–Trinajstić information content (AvgIpc) is 3.31. The van der Waals surface area contributed by atoms with E-state index in [0.717, 1.165) is 10.9 Å². The van der Waals surface area contributed by atoms with E-state index in [1.807, 2.05) is 24.3 Å². The monoisotopic (exact) mass is 378 g/mol. The molecule has 2 N–H and O–H groups in total. The molecule has 2 aliphatic rings. The van der Waals surface area contributed by atoms with E-state index in [1.165, 1.54) is 0 Å². The number of carbonyl (C=O) groups is 2. The summed E-state index contributed by atoms with van der Waals surface area (Å²) < 4.78 is 11.0. The van der Waals surface area contributed by atoms with Crippen molar-refractivity contribution in [1.29, 1.82) is 0 Å². The predicted molar refractivity (Wildman–Crippen MR) is 103 cm³/mol. The van der Waals surface area contributed by atoms with Crippen molar-refractivity contribution in [3.05, 3.63) is 42.5 Å². The molecule has 1 unspecified atom stereocenters. The zero-order chi connectivity index (χ0) is 19.1. The molecular formula is C20H18N4O4. The quantitative estimate of drug-likeness (QED) is 0.729. The second-order valence-electron chi connectivity index (χ2n) is 6.85. The molecule has 5 rings (SSSR count). The lowest BCUT2D eigenvalue weighted by Gasteiger charge is -2.19. The van der Waals surface area contributed by atoms with Crippen LogP contribution in [0.25, 0.3) is 10.9 Å². The summed E-state index contributed by atoms with van der Waals surface area (Å²) in [4.78, 5) is 26.8. The molecule has 1 atom stereocenters.